The molecular formula is C27H36N4O7. The van der Waals surface area contributed by atoms with E-state index in [0.717, 1.165) is 5.69 Å². The van der Waals surface area contributed by atoms with Gasteiger partial charge in [0.25, 0.3) is 5.91 Å². The fourth-order valence-corrected chi connectivity index (χ4v) is 6.20. The number of hydrogen-bond donors (Lipinski definition) is 6. The molecule has 206 valence electrons. The van der Waals surface area contributed by atoms with Crippen molar-refractivity contribution in [2.45, 2.75) is 50.9 Å². The molecule has 3 aliphatic carbocycles. The molecule has 4 rings (SSSR count). The van der Waals surface area contributed by atoms with Gasteiger partial charge in [-0.2, -0.15) is 0 Å². The first kappa shape index (κ1) is 27.6. The molecule has 0 saturated carbocycles. The van der Waals surface area contributed by atoms with Crippen molar-refractivity contribution in [3.8, 4) is 5.75 Å². The summed E-state index contributed by atoms with van der Waals surface area (Å²) in [6, 6.07) is 0.924. The Morgan fingerprint density at radius 2 is 1.82 bits per heavy atom. The first-order valence-corrected chi connectivity index (χ1v) is 12.6. The minimum atomic E-state index is -2.65. The number of primary amides is 1. The number of anilines is 1. The lowest BCUT2D eigenvalue weighted by atomic mass is 9.58. The Morgan fingerprint density at radius 1 is 1.18 bits per heavy atom. The number of aromatic hydroxyl groups is 1. The highest BCUT2D eigenvalue weighted by Gasteiger charge is 2.63. The zero-order chi connectivity index (χ0) is 28.4. The Hall–Kier alpha value is -3.41. The van der Waals surface area contributed by atoms with Gasteiger partial charge in [0, 0.05) is 49.4 Å². The summed E-state index contributed by atoms with van der Waals surface area (Å²) in [5.74, 6) is -6.54. The highest BCUT2D eigenvalue weighted by molar-refractivity contribution is 6.24. The van der Waals surface area contributed by atoms with Crippen LogP contribution in [0.15, 0.2) is 28.7 Å². The number of nitrogens with two attached hydrogens (primary N) is 1. The molecule has 1 aromatic rings. The van der Waals surface area contributed by atoms with E-state index in [1.807, 2.05) is 38.9 Å². The molecule has 0 spiro atoms. The molecule has 0 saturated heterocycles. The number of fused-ring (bicyclic) bond motifs is 3. The summed E-state index contributed by atoms with van der Waals surface area (Å²) >= 11 is 0. The van der Waals surface area contributed by atoms with Crippen LogP contribution in [-0.4, -0.2) is 88.7 Å². The van der Waals surface area contributed by atoms with Gasteiger partial charge in [-0.3, -0.25) is 19.3 Å². The molecule has 11 nitrogen and oxygen atoms in total. The van der Waals surface area contributed by atoms with Gasteiger partial charge >= 0.3 is 0 Å². The van der Waals surface area contributed by atoms with Crippen molar-refractivity contribution in [1.29, 1.82) is 0 Å². The zero-order valence-electron chi connectivity index (χ0n) is 22.5. The number of ketones is 2. The fraction of sp³-hybridized carbons (Fsp3) is 0.519. The largest absolute Gasteiger partial charge is 0.510 e. The van der Waals surface area contributed by atoms with Crippen LogP contribution < -0.4 is 16.0 Å². The van der Waals surface area contributed by atoms with Crippen LogP contribution in [0.3, 0.4) is 0 Å². The number of nitrogens with one attached hydrogen (secondary N) is 1. The monoisotopic (exact) mass is 528 g/mol. The van der Waals surface area contributed by atoms with E-state index in [2.05, 4.69) is 5.32 Å². The van der Waals surface area contributed by atoms with Gasteiger partial charge in [-0.25, -0.2) is 0 Å². The normalized spacial score (nSPS) is 27.0. The molecule has 0 aliphatic heterocycles. The first-order valence-electron chi connectivity index (χ1n) is 12.6. The van der Waals surface area contributed by atoms with E-state index in [0.29, 0.717) is 17.7 Å². The zero-order valence-corrected chi connectivity index (χ0v) is 22.5. The second kappa shape index (κ2) is 9.40. The van der Waals surface area contributed by atoms with E-state index in [-0.39, 0.29) is 35.8 Å². The van der Waals surface area contributed by atoms with E-state index in [1.165, 1.54) is 4.90 Å². The molecule has 4 atom stereocenters. The maximum atomic E-state index is 14.0. The van der Waals surface area contributed by atoms with Gasteiger partial charge in [0.05, 0.1) is 11.6 Å². The molecule has 0 fully saturated rings. The van der Waals surface area contributed by atoms with Crippen LogP contribution in [0, 0.1) is 11.8 Å². The minimum absolute atomic E-state index is 0.0116. The van der Waals surface area contributed by atoms with Crippen LogP contribution in [0.1, 0.15) is 41.8 Å². The SMILES string of the molecule is CC(C)NCc1cc(N(C)C)c2c(c1O)C(=O)C1=C(O)[C@]3(O)C(=O)C(C(N)=O)=C(O)C(N(C)C)[C@H]3C[C@@H]1C2. The van der Waals surface area contributed by atoms with Gasteiger partial charge in [0.15, 0.2) is 11.4 Å². The molecule has 0 radical (unpaired) electrons. The van der Waals surface area contributed by atoms with Crippen LogP contribution in [-0.2, 0) is 22.6 Å². The number of amides is 1. The smallest absolute Gasteiger partial charge is 0.255 e. The van der Waals surface area contributed by atoms with Crippen molar-refractivity contribution in [1.82, 2.24) is 10.2 Å². The quantitative estimate of drug-likeness (QED) is 0.288. The Kier molecular flexibility index (Phi) is 6.84. The molecule has 38 heavy (non-hydrogen) atoms. The fourth-order valence-electron chi connectivity index (χ4n) is 6.20. The predicted molar refractivity (Wildman–Crippen MR) is 140 cm³/mol. The maximum absolute atomic E-state index is 14.0. The molecule has 11 heteroatoms. The Balaban J connectivity index is 1.95. The van der Waals surface area contributed by atoms with Crippen molar-refractivity contribution in [2.75, 3.05) is 33.1 Å². The van der Waals surface area contributed by atoms with Crippen molar-refractivity contribution in [2.24, 2.45) is 17.6 Å². The first-order chi connectivity index (χ1) is 17.6. The second-order valence-corrected chi connectivity index (χ2v) is 11.2. The number of nitrogens with zero attached hydrogens (tertiary/aromatic N) is 2. The summed E-state index contributed by atoms with van der Waals surface area (Å²) in [5, 5.41) is 48.4. The second-order valence-electron chi connectivity index (χ2n) is 11.2. The molecule has 1 aromatic carbocycles. The lowest BCUT2D eigenvalue weighted by Gasteiger charge is -2.50. The summed E-state index contributed by atoms with van der Waals surface area (Å²) in [6.07, 6.45) is 0.295. The third-order valence-electron chi connectivity index (χ3n) is 7.96. The van der Waals surface area contributed by atoms with E-state index in [9.17, 15) is 34.8 Å². The summed E-state index contributed by atoms with van der Waals surface area (Å²) in [5.41, 5.74) is 3.56. The molecule has 3 aliphatic rings. The number of phenolic OH excluding ortho intramolecular Hbond substituents is 1. The third-order valence-corrected chi connectivity index (χ3v) is 7.96. The Morgan fingerprint density at radius 3 is 2.34 bits per heavy atom. The van der Waals surface area contributed by atoms with Crippen molar-refractivity contribution in [3.05, 3.63) is 45.4 Å². The lowest BCUT2D eigenvalue weighted by Crippen LogP contribution is -2.63. The average Bonchev–Trinajstić information content (AvgIpc) is 2.80. The van der Waals surface area contributed by atoms with E-state index in [4.69, 9.17) is 5.73 Å². The van der Waals surface area contributed by atoms with Crippen molar-refractivity contribution in [3.63, 3.8) is 0 Å². The van der Waals surface area contributed by atoms with Gasteiger partial charge < -0.3 is 36.4 Å². The highest BCUT2D eigenvalue weighted by Crippen LogP contribution is 2.53. The highest BCUT2D eigenvalue weighted by atomic mass is 16.3. The third kappa shape index (κ3) is 3.88. The van der Waals surface area contributed by atoms with Crippen LogP contribution in [0.2, 0.25) is 0 Å². The molecule has 0 bridgehead atoms. The number of carbonyl (C=O) groups excluding carboxylic acids is 3. The molecule has 0 aromatic heterocycles. The number of rotatable bonds is 6. The molecule has 1 amide bonds. The van der Waals surface area contributed by atoms with Crippen molar-refractivity contribution >= 4 is 23.2 Å². The van der Waals surface area contributed by atoms with Gasteiger partial charge in [0.1, 0.15) is 22.8 Å². The Bertz CT molecular complexity index is 1300. The van der Waals surface area contributed by atoms with Crippen LogP contribution in [0.4, 0.5) is 5.69 Å². The van der Waals surface area contributed by atoms with Gasteiger partial charge in [-0.1, -0.05) is 13.8 Å². The number of likely N-dealkylation sites (N-methyl/N-ethyl adjacent to an activating group) is 1. The molecule has 7 N–H and O–H groups in total. The molecular weight excluding hydrogens is 492 g/mol. The number of benzene rings is 1. The van der Waals surface area contributed by atoms with Crippen LogP contribution in [0.5, 0.6) is 5.75 Å². The standard InChI is InChI=1S/C27H36N4O7/c1-11(2)29-10-13-9-16(30(3)4)14-7-12-8-15-20(31(5)6)23(34)19(26(28)37)25(36)27(15,38)24(35)17(12)22(33)18(14)21(13)32/h9,11-12,15,20,29,32,34-35,38H,7-8,10H2,1-6H3,(H2,28,37)/t12-,15+,20?,27-/m0/s1. The van der Waals surface area contributed by atoms with Crippen LogP contribution >= 0.6 is 0 Å². The Labute approximate surface area is 221 Å². The number of allylic oxidation sites excluding steroid dienone is 1. The molecule has 0 heterocycles. The number of Topliss-reactive ketones (excluding diaryl/α,β-unsaturated/α-hetero) is 2. The van der Waals surface area contributed by atoms with Gasteiger partial charge in [-0.15, -0.1) is 0 Å². The summed E-state index contributed by atoms with van der Waals surface area (Å²) in [4.78, 5) is 42.9. The predicted octanol–water partition coefficient (Wildman–Crippen LogP) is 0.685. The lowest BCUT2D eigenvalue weighted by molar-refractivity contribution is -0.148. The minimum Gasteiger partial charge on any atom is -0.510 e. The van der Waals surface area contributed by atoms with Gasteiger partial charge in [0.2, 0.25) is 5.78 Å². The number of hydrogen-bond acceptors (Lipinski definition) is 10. The topological polar surface area (TPSA) is 177 Å². The number of carbonyl (C=O) groups is 3. The van der Waals surface area contributed by atoms with Crippen molar-refractivity contribution < 1.29 is 34.8 Å². The van der Waals surface area contributed by atoms with E-state index < -0.39 is 58.0 Å². The maximum Gasteiger partial charge on any atom is 0.255 e. The van der Waals surface area contributed by atoms with Crippen LogP contribution in [0.25, 0.3) is 0 Å². The summed E-state index contributed by atoms with van der Waals surface area (Å²) < 4.78 is 0. The average molecular weight is 529 g/mol. The summed E-state index contributed by atoms with van der Waals surface area (Å²) in [6.45, 7) is 4.20. The van der Waals surface area contributed by atoms with E-state index in [1.54, 1.807) is 14.1 Å². The number of aliphatic hydroxyl groups excluding tert-OH is 2. The van der Waals surface area contributed by atoms with E-state index >= 15 is 0 Å². The number of phenols is 1. The number of aliphatic hydroxyl groups is 3. The molecule has 1 unspecified atom stereocenters. The summed E-state index contributed by atoms with van der Waals surface area (Å²) in [7, 11) is 6.86. The van der Waals surface area contributed by atoms with Gasteiger partial charge in [-0.05, 0) is 44.5 Å².